The number of allylic oxidation sites excluding steroid dienone is 1. The van der Waals surface area contributed by atoms with Gasteiger partial charge in [0.25, 0.3) is 0 Å². The standard InChI is InChI=1S/C16H21F2N/c1-12-7-9-19(10-8-12)13(2)3-4-14-5-6-15(17)11-16(14)18/h5-6,11-12H,2-4,7-10H2,1H3. The van der Waals surface area contributed by atoms with Gasteiger partial charge in [-0.2, -0.15) is 0 Å². The fraction of sp³-hybridized carbons (Fsp3) is 0.500. The van der Waals surface area contributed by atoms with Gasteiger partial charge in [-0.25, -0.2) is 8.78 Å². The molecule has 0 aromatic heterocycles. The molecule has 0 atom stereocenters. The van der Waals surface area contributed by atoms with E-state index in [2.05, 4.69) is 18.4 Å². The summed E-state index contributed by atoms with van der Waals surface area (Å²) in [7, 11) is 0. The van der Waals surface area contributed by atoms with Crippen LogP contribution in [-0.2, 0) is 6.42 Å². The maximum absolute atomic E-state index is 13.5. The number of rotatable bonds is 4. The Balaban J connectivity index is 1.86. The van der Waals surface area contributed by atoms with Crippen molar-refractivity contribution in [1.82, 2.24) is 4.90 Å². The second-order valence-corrected chi connectivity index (χ2v) is 5.47. The lowest BCUT2D eigenvalue weighted by molar-refractivity contribution is 0.232. The van der Waals surface area contributed by atoms with Crippen LogP contribution < -0.4 is 0 Å². The summed E-state index contributed by atoms with van der Waals surface area (Å²) in [4.78, 5) is 2.29. The van der Waals surface area contributed by atoms with Crippen LogP contribution in [0, 0.1) is 17.6 Å². The monoisotopic (exact) mass is 265 g/mol. The van der Waals surface area contributed by atoms with Crippen molar-refractivity contribution < 1.29 is 8.78 Å². The largest absolute Gasteiger partial charge is 0.375 e. The van der Waals surface area contributed by atoms with Gasteiger partial charge in [-0.1, -0.05) is 19.6 Å². The molecule has 1 heterocycles. The van der Waals surface area contributed by atoms with Gasteiger partial charge < -0.3 is 4.90 Å². The van der Waals surface area contributed by atoms with Crippen molar-refractivity contribution in [2.24, 2.45) is 5.92 Å². The summed E-state index contributed by atoms with van der Waals surface area (Å²) < 4.78 is 26.3. The molecular weight excluding hydrogens is 244 g/mol. The van der Waals surface area contributed by atoms with Gasteiger partial charge in [0.2, 0.25) is 0 Å². The van der Waals surface area contributed by atoms with E-state index in [1.807, 2.05) is 0 Å². The van der Waals surface area contributed by atoms with Crippen LogP contribution in [0.5, 0.6) is 0 Å². The lowest BCUT2D eigenvalue weighted by Crippen LogP contribution is -2.32. The molecule has 2 rings (SSSR count). The van der Waals surface area contributed by atoms with E-state index in [1.54, 1.807) is 0 Å². The van der Waals surface area contributed by atoms with Crippen molar-refractivity contribution in [2.45, 2.75) is 32.6 Å². The molecule has 1 aliphatic heterocycles. The molecule has 0 aliphatic carbocycles. The molecule has 0 spiro atoms. The Labute approximate surface area is 113 Å². The SMILES string of the molecule is C=C(CCc1ccc(F)cc1F)N1CCC(C)CC1. The van der Waals surface area contributed by atoms with Gasteiger partial charge in [-0.15, -0.1) is 0 Å². The van der Waals surface area contributed by atoms with Crippen molar-refractivity contribution in [1.29, 1.82) is 0 Å². The first-order valence-corrected chi connectivity index (χ1v) is 6.93. The molecule has 1 aromatic rings. The summed E-state index contributed by atoms with van der Waals surface area (Å²) >= 11 is 0. The molecular formula is C16H21F2N. The van der Waals surface area contributed by atoms with Crippen molar-refractivity contribution in [2.75, 3.05) is 13.1 Å². The second kappa shape index (κ2) is 6.18. The maximum atomic E-state index is 13.5. The van der Waals surface area contributed by atoms with Crippen LogP contribution in [-0.4, -0.2) is 18.0 Å². The number of benzene rings is 1. The lowest BCUT2D eigenvalue weighted by atomic mass is 9.98. The fourth-order valence-corrected chi connectivity index (χ4v) is 2.49. The molecule has 1 nitrogen and oxygen atoms in total. The van der Waals surface area contributed by atoms with E-state index >= 15 is 0 Å². The highest BCUT2D eigenvalue weighted by Crippen LogP contribution is 2.22. The highest BCUT2D eigenvalue weighted by Gasteiger charge is 2.16. The van der Waals surface area contributed by atoms with Gasteiger partial charge in [-0.3, -0.25) is 0 Å². The van der Waals surface area contributed by atoms with E-state index in [4.69, 9.17) is 0 Å². The van der Waals surface area contributed by atoms with Crippen LogP contribution in [0.3, 0.4) is 0 Å². The second-order valence-electron chi connectivity index (χ2n) is 5.47. The predicted molar refractivity (Wildman–Crippen MR) is 73.8 cm³/mol. The number of likely N-dealkylation sites (tertiary alicyclic amines) is 1. The van der Waals surface area contributed by atoms with Crippen LogP contribution in [0.1, 0.15) is 31.7 Å². The van der Waals surface area contributed by atoms with Gasteiger partial charge >= 0.3 is 0 Å². The number of piperidine rings is 1. The van der Waals surface area contributed by atoms with E-state index in [1.165, 1.54) is 25.0 Å². The molecule has 0 saturated carbocycles. The van der Waals surface area contributed by atoms with Crippen LogP contribution in [0.2, 0.25) is 0 Å². The van der Waals surface area contributed by atoms with Gasteiger partial charge in [0.15, 0.2) is 0 Å². The van der Waals surface area contributed by atoms with Crippen LogP contribution in [0.25, 0.3) is 0 Å². The Bertz CT molecular complexity index is 448. The minimum Gasteiger partial charge on any atom is -0.375 e. The molecule has 1 aromatic carbocycles. The third-order valence-corrected chi connectivity index (χ3v) is 3.93. The zero-order valence-corrected chi connectivity index (χ0v) is 11.5. The molecule has 0 unspecified atom stereocenters. The number of hydrogen-bond acceptors (Lipinski definition) is 1. The third-order valence-electron chi connectivity index (χ3n) is 3.93. The van der Waals surface area contributed by atoms with Crippen LogP contribution >= 0.6 is 0 Å². The summed E-state index contributed by atoms with van der Waals surface area (Å²) in [6.07, 6.45) is 3.71. The first kappa shape index (κ1) is 14.0. The average Bonchev–Trinajstić information content (AvgIpc) is 2.38. The number of nitrogens with zero attached hydrogens (tertiary/aromatic N) is 1. The topological polar surface area (TPSA) is 3.24 Å². The van der Waals surface area contributed by atoms with E-state index in [9.17, 15) is 8.78 Å². The van der Waals surface area contributed by atoms with E-state index in [-0.39, 0.29) is 0 Å². The molecule has 1 fully saturated rings. The van der Waals surface area contributed by atoms with Gasteiger partial charge in [0.1, 0.15) is 11.6 Å². The summed E-state index contributed by atoms with van der Waals surface area (Å²) in [5, 5.41) is 0. The van der Waals surface area contributed by atoms with E-state index in [0.29, 0.717) is 12.0 Å². The Morgan fingerprint density at radius 1 is 1.32 bits per heavy atom. The Hall–Kier alpha value is -1.38. The van der Waals surface area contributed by atoms with Crippen molar-refractivity contribution in [3.05, 3.63) is 47.7 Å². The summed E-state index contributed by atoms with van der Waals surface area (Å²) in [5.41, 5.74) is 1.63. The van der Waals surface area contributed by atoms with Crippen LogP contribution in [0.15, 0.2) is 30.5 Å². The molecule has 19 heavy (non-hydrogen) atoms. The van der Waals surface area contributed by atoms with Crippen LogP contribution in [0.4, 0.5) is 8.78 Å². The molecule has 0 amide bonds. The molecule has 0 radical (unpaired) electrons. The molecule has 0 bridgehead atoms. The van der Waals surface area contributed by atoms with Crippen molar-refractivity contribution in [3.63, 3.8) is 0 Å². The minimum atomic E-state index is -0.523. The van der Waals surface area contributed by atoms with Gasteiger partial charge in [0.05, 0.1) is 0 Å². The molecule has 1 aliphatic rings. The van der Waals surface area contributed by atoms with Gasteiger partial charge in [-0.05, 0) is 43.2 Å². The van der Waals surface area contributed by atoms with Gasteiger partial charge in [0, 0.05) is 24.9 Å². The normalized spacial score (nSPS) is 16.7. The molecule has 1 saturated heterocycles. The minimum absolute atomic E-state index is 0.458. The average molecular weight is 265 g/mol. The van der Waals surface area contributed by atoms with E-state index < -0.39 is 11.6 Å². The fourth-order valence-electron chi connectivity index (χ4n) is 2.49. The first-order valence-electron chi connectivity index (χ1n) is 6.93. The first-order chi connectivity index (χ1) is 9.06. The zero-order valence-electron chi connectivity index (χ0n) is 11.5. The quantitative estimate of drug-likeness (QED) is 0.790. The lowest BCUT2D eigenvalue weighted by Gasteiger charge is -2.33. The Morgan fingerprint density at radius 2 is 2.00 bits per heavy atom. The predicted octanol–water partition coefficient (Wildman–Crippen LogP) is 4.14. The van der Waals surface area contributed by atoms with E-state index in [0.717, 1.165) is 37.2 Å². The smallest absolute Gasteiger partial charge is 0.129 e. The van der Waals surface area contributed by atoms with Crippen molar-refractivity contribution >= 4 is 0 Å². The number of aryl methyl sites for hydroxylation is 1. The summed E-state index contributed by atoms with van der Waals surface area (Å²) in [6.45, 7) is 8.46. The molecule has 104 valence electrons. The number of halogens is 2. The highest BCUT2D eigenvalue weighted by atomic mass is 19.1. The summed E-state index contributed by atoms with van der Waals surface area (Å²) in [6, 6.07) is 3.78. The molecule has 0 N–H and O–H groups in total. The Kier molecular flexibility index (Phi) is 4.56. The Morgan fingerprint density at radius 3 is 2.63 bits per heavy atom. The zero-order chi connectivity index (χ0) is 13.8. The summed E-state index contributed by atoms with van der Waals surface area (Å²) in [5.74, 6) is -0.191. The third kappa shape index (κ3) is 3.79. The number of hydrogen-bond donors (Lipinski definition) is 0. The maximum Gasteiger partial charge on any atom is 0.129 e. The van der Waals surface area contributed by atoms with Crippen molar-refractivity contribution in [3.8, 4) is 0 Å². The highest BCUT2D eigenvalue weighted by molar-refractivity contribution is 5.19. The molecule has 3 heteroatoms.